The van der Waals surface area contributed by atoms with Gasteiger partial charge in [0.15, 0.2) is 0 Å². The first-order valence-electron chi connectivity index (χ1n) is 1.58. The minimum Gasteiger partial charge on any atom is -0.110 e. The number of rotatable bonds is 1. The van der Waals surface area contributed by atoms with Crippen molar-refractivity contribution in [3.05, 3.63) is 11.8 Å². The zero-order chi connectivity index (χ0) is 5.15. The van der Waals surface area contributed by atoms with Crippen molar-refractivity contribution in [1.29, 1.82) is 0 Å². The lowest BCUT2D eigenvalue weighted by Gasteiger charge is -1.90. The normalized spacial score (nSPS) is 9.33. The van der Waals surface area contributed by atoms with Gasteiger partial charge in [0.1, 0.15) is 0 Å². The fourth-order valence-corrected chi connectivity index (χ4v) is 0. The van der Waals surface area contributed by atoms with Crippen molar-refractivity contribution < 1.29 is 0 Å². The first kappa shape index (κ1) is 6.92. The summed E-state index contributed by atoms with van der Waals surface area (Å²) >= 11 is 6.79. The molecule has 0 N–H and O–H groups in total. The molecule has 0 aromatic heterocycles. The standard InChI is InChI=1S/C3H6Br2Si/c1-3(2)6(4)5/h6H,1H2,2H3. The van der Waals surface area contributed by atoms with E-state index < -0.39 is 6.04 Å². The van der Waals surface area contributed by atoms with Crippen LogP contribution in [0.5, 0.6) is 0 Å². The first-order chi connectivity index (χ1) is 2.64. The van der Waals surface area contributed by atoms with Gasteiger partial charge in [0, 0.05) is 0 Å². The van der Waals surface area contributed by atoms with Crippen LogP contribution in [0.4, 0.5) is 0 Å². The minimum atomic E-state index is -0.813. The van der Waals surface area contributed by atoms with E-state index in [0.29, 0.717) is 0 Å². The molecule has 0 bridgehead atoms. The molecule has 0 aliphatic heterocycles. The summed E-state index contributed by atoms with van der Waals surface area (Å²) in [5.41, 5.74) is 0. The van der Waals surface area contributed by atoms with E-state index in [9.17, 15) is 0 Å². The number of hydrogen-bond donors (Lipinski definition) is 0. The third-order valence-electron chi connectivity index (χ3n) is 0.373. The second-order valence-corrected chi connectivity index (χ2v) is 11.9. The molecule has 6 heavy (non-hydrogen) atoms. The molecular weight excluding hydrogens is 224 g/mol. The molecular formula is C3H6Br2Si. The molecule has 0 aromatic carbocycles. The molecule has 0 unspecified atom stereocenters. The summed E-state index contributed by atoms with van der Waals surface area (Å²) < 4.78 is 0. The number of allylic oxidation sites excluding steroid dienone is 1. The topological polar surface area (TPSA) is 0 Å². The van der Waals surface area contributed by atoms with Crippen molar-refractivity contribution in [1.82, 2.24) is 0 Å². The molecule has 3 heteroatoms. The monoisotopic (exact) mass is 228 g/mol. The molecule has 0 amide bonds. The molecule has 0 saturated carbocycles. The van der Waals surface area contributed by atoms with Crippen LogP contribution in [-0.2, 0) is 0 Å². The molecule has 0 fully saturated rings. The maximum Gasteiger partial charge on any atom is 0.211 e. The third-order valence-corrected chi connectivity index (χ3v) is 5.81. The Morgan fingerprint density at radius 1 is 1.67 bits per heavy atom. The lowest BCUT2D eigenvalue weighted by molar-refractivity contribution is 1.71. The Morgan fingerprint density at radius 2 is 1.83 bits per heavy atom. The van der Waals surface area contributed by atoms with E-state index in [0.717, 1.165) is 0 Å². The van der Waals surface area contributed by atoms with E-state index in [1.54, 1.807) is 0 Å². The van der Waals surface area contributed by atoms with Gasteiger partial charge in [0.25, 0.3) is 0 Å². The van der Waals surface area contributed by atoms with Crippen LogP contribution in [0.1, 0.15) is 6.92 Å². The molecule has 36 valence electrons. The van der Waals surface area contributed by atoms with Crippen molar-refractivity contribution in [3.8, 4) is 0 Å². The number of hydrogen-bond acceptors (Lipinski definition) is 0. The molecule has 0 aliphatic carbocycles. The van der Waals surface area contributed by atoms with E-state index >= 15 is 0 Å². The van der Waals surface area contributed by atoms with Crippen molar-refractivity contribution in [2.45, 2.75) is 6.92 Å². The van der Waals surface area contributed by atoms with Crippen molar-refractivity contribution in [2.24, 2.45) is 0 Å². The lowest BCUT2D eigenvalue weighted by Crippen LogP contribution is -1.88. The summed E-state index contributed by atoms with van der Waals surface area (Å²) in [4.78, 5) is 0. The SMILES string of the molecule is C=C(C)[SiH](Br)Br. The van der Waals surface area contributed by atoms with Gasteiger partial charge in [-0.1, -0.05) is 5.20 Å². The summed E-state index contributed by atoms with van der Waals surface area (Å²) in [6.45, 7) is 5.74. The van der Waals surface area contributed by atoms with Crippen LogP contribution in [0.3, 0.4) is 0 Å². The van der Waals surface area contributed by atoms with Gasteiger partial charge >= 0.3 is 0 Å². The Balaban J connectivity index is 3.26. The highest BCUT2D eigenvalue weighted by Crippen LogP contribution is 2.09. The van der Waals surface area contributed by atoms with Gasteiger partial charge in [-0.25, -0.2) is 0 Å². The Hall–Kier alpha value is 0.917. The molecule has 0 radical (unpaired) electrons. The number of halogens is 2. The van der Waals surface area contributed by atoms with Crippen LogP contribution in [0.2, 0.25) is 0 Å². The molecule has 0 heterocycles. The smallest absolute Gasteiger partial charge is 0.110 e. The summed E-state index contributed by atoms with van der Waals surface area (Å²) in [5, 5.41) is 1.23. The van der Waals surface area contributed by atoms with Gasteiger partial charge in [-0.3, -0.25) is 0 Å². The molecule has 0 aromatic rings. The van der Waals surface area contributed by atoms with Crippen LogP contribution >= 0.6 is 30.6 Å². The molecule has 0 rings (SSSR count). The second-order valence-electron chi connectivity index (χ2n) is 1.15. The van der Waals surface area contributed by atoms with E-state index in [-0.39, 0.29) is 0 Å². The van der Waals surface area contributed by atoms with Crippen molar-refractivity contribution >= 4 is 36.6 Å². The van der Waals surface area contributed by atoms with E-state index in [4.69, 9.17) is 0 Å². The van der Waals surface area contributed by atoms with Gasteiger partial charge in [0.05, 0.1) is 0 Å². The van der Waals surface area contributed by atoms with Crippen LogP contribution < -0.4 is 0 Å². The predicted octanol–water partition coefficient (Wildman–Crippen LogP) is 2.11. The molecule has 0 spiro atoms. The van der Waals surface area contributed by atoms with E-state index in [1.807, 2.05) is 6.92 Å². The maximum absolute atomic E-state index is 3.72. The highest BCUT2D eigenvalue weighted by Gasteiger charge is 1.96. The van der Waals surface area contributed by atoms with Gasteiger partial charge in [-0.2, -0.15) is 0 Å². The van der Waals surface area contributed by atoms with Crippen LogP contribution in [0.15, 0.2) is 11.8 Å². The summed E-state index contributed by atoms with van der Waals surface area (Å²) in [6, 6.07) is -0.813. The largest absolute Gasteiger partial charge is 0.211 e. The first-order valence-corrected chi connectivity index (χ1v) is 8.52. The highest BCUT2D eigenvalue weighted by molar-refractivity contribution is 9.49. The van der Waals surface area contributed by atoms with Gasteiger partial charge in [0.2, 0.25) is 6.04 Å². The van der Waals surface area contributed by atoms with Gasteiger partial charge in [-0.05, 0) is 6.92 Å². The van der Waals surface area contributed by atoms with E-state index in [2.05, 4.69) is 37.2 Å². The van der Waals surface area contributed by atoms with Crippen LogP contribution in [0, 0.1) is 0 Å². The molecule has 0 saturated heterocycles. The van der Waals surface area contributed by atoms with Gasteiger partial charge < -0.3 is 0 Å². The zero-order valence-electron chi connectivity index (χ0n) is 3.54. The minimum absolute atomic E-state index is 0.813. The molecule has 0 atom stereocenters. The zero-order valence-corrected chi connectivity index (χ0v) is 7.87. The Labute approximate surface area is 55.4 Å². The van der Waals surface area contributed by atoms with Crippen molar-refractivity contribution in [2.75, 3.05) is 0 Å². The molecule has 0 aliphatic rings. The fourth-order valence-electron chi connectivity index (χ4n) is 0. The predicted molar refractivity (Wildman–Crippen MR) is 39.8 cm³/mol. The Morgan fingerprint density at radius 3 is 1.83 bits per heavy atom. The van der Waals surface area contributed by atoms with Crippen LogP contribution in [0.25, 0.3) is 0 Å². The van der Waals surface area contributed by atoms with Crippen LogP contribution in [-0.4, -0.2) is 6.04 Å². The fraction of sp³-hybridized carbons (Fsp3) is 0.333. The highest BCUT2D eigenvalue weighted by atomic mass is 79.9. The second kappa shape index (κ2) is 2.99. The molecule has 0 nitrogen and oxygen atoms in total. The quantitative estimate of drug-likeness (QED) is 0.478. The Kier molecular flexibility index (Phi) is 3.45. The van der Waals surface area contributed by atoms with E-state index in [1.165, 1.54) is 5.20 Å². The summed E-state index contributed by atoms with van der Waals surface area (Å²) in [5.74, 6) is 0. The average molecular weight is 230 g/mol. The maximum atomic E-state index is 3.72. The third kappa shape index (κ3) is 3.12. The summed E-state index contributed by atoms with van der Waals surface area (Å²) in [7, 11) is 0. The van der Waals surface area contributed by atoms with Crippen molar-refractivity contribution in [3.63, 3.8) is 0 Å². The Bertz CT molecular complexity index is 59.8. The lowest BCUT2D eigenvalue weighted by atomic mass is 10.8. The average Bonchev–Trinajstić information content (AvgIpc) is 1.36. The van der Waals surface area contributed by atoms with Gasteiger partial charge in [-0.15, -0.1) is 37.2 Å². The summed E-state index contributed by atoms with van der Waals surface area (Å²) in [6.07, 6.45) is 0.